The third-order valence-electron chi connectivity index (χ3n) is 18.3. The number of nitrogens with zero attached hydrogens (tertiary/aromatic N) is 1. The van der Waals surface area contributed by atoms with Gasteiger partial charge in [0.25, 0.3) is 0 Å². The minimum Gasteiger partial charge on any atom is -0.508 e. The Morgan fingerprint density at radius 2 is 0.880 bits per heavy atom. The summed E-state index contributed by atoms with van der Waals surface area (Å²) in [4.78, 5) is 198. The van der Waals surface area contributed by atoms with E-state index in [4.69, 9.17) is 50.6 Å². The van der Waals surface area contributed by atoms with Crippen LogP contribution >= 0.6 is 0 Å². The molecule has 0 aliphatic rings. The van der Waals surface area contributed by atoms with Crippen LogP contribution in [-0.4, -0.2) is 233 Å². The number of carboxylic acids is 1. The van der Waals surface area contributed by atoms with Gasteiger partial charge >= 0.3 is 5.97 Å². The highest BCUT2D eigenvalue weighted by atomic mass is 16.4. The van der Waals surface area contributed by atoms with Crippen molar-refractivity contribution in [1.29, 1.82) is 16.2 Å². The maximum absolute atomic E-state index is 14.5. The van der Waals surface area contributed by atoms with Crippen molar-refractivity contribution in [3.63, 3.8) is 0 Å². The van der Waals surface area contributed by atoms with E-state index in [1.165, 1.54) is 31.2 Å². The summed E-state index contributed by atoms with van der Waals surface area (Å²) >= 11 is 0. The predicted octanol–water partition coefficient (Wildman–Crippen LogP) is -6.04. The number of aliphatic carboxylic acids is 1. The fourth-order valence-corrected chi connectivity index (χ4v) is 11.7. The third-order valence-corrected chi connectivity index (χ3v) is 18.3. The maximum Gasteiger partial charge on any atom is 0.326 e. The fraction of sp³-hybridized carbons (Fsp3) is 0.547. The number of pyridine rings is 1. The largest absolute Gasteiger partial charge is 0.508 e. The fourth-order valence-electron chi connectivity index (χ4n) is 11.7. The second-order valence-electron chi connectivity index (χ2n) is 28.5. The first-order valence-electron chi connectivity index (χ1n) is 38.6. The van der Waals surface area contributed by atoms with Gasteiger partial charge in [0.2, 0.25) is 76.8 Å². The number of carbonyl (C=O) groups excluding carboxylic acids is 13. The Bertz CT molecular complexity index is 3790. The average Bonchev–Trinajstić information content (AvgIpc) is 1.01. The number of carbonyl (C=O) groups is 14. The van der Waals surface area contributed by atoms with Crippen LogP contribution in [0.25, 0.3) is 0 Å². The van der Waals surface area contributed by atoms with E-state index in [1.54, 1.807) is 68.7 Å². The zero-order chi connectivity index (χ0) is 87.3. The van der Waals surface area contributed by atoms with Crippen LogP contribution < -0.4 is 114 Å². The summed E-state index contributed by atoms with van der Waals surface area (Å²) in [5.41, 5.74) is 35.3. The number of nitrogens with one attached hydrogen (secondary N) is 18. The smallest absolute Gasteiger partial charge is 0.326 e. The van der Waals surface area contributed by atoms with Crippen LogP contribution in [0.2, 0.25) is 0 Å². The van der Waals surface area contributed by atoms with Crippen molar-refractivity contribution in [2.24, 2.45) is 46.2 Å². The van der Waals surface area contributed by atoms with Gasteiger partial charge in [-0.1, -0.05) is 82.6 Å². The normalized spacial score (nSPS) is 14.3. The number of aliphatic hydroxyl groups excluding tert-OH is 1. The molecule has 0 saturated heterocycles. The molecule has 1 heterocycles. The molecule has 0 bridgehead atoms. The molecule has 117 heavy (non-hydrogen) atoms. The number of carboxylic acid groups (broad SMARTS) is 1. The number of rotatable bonds is 55. The van der Waals surface area contributed by atoms with Crippen molar-refractivity contribution >= 4 is 101 Å². The van der Waals surface area contributed by atoms with Gasteiger partial charge in [-0.05, 0) is 137 Å². The Morgan fingerprint density at radius 1 is 0.444 bits per heavy atom. The minimum absolute atomic E-state index is 0.0111. The molecule has 0 radical (unpaired) electrons. The molecule has 33 N–H and O–H groups in total. The van der Waals surface area contributed by atoms with Crippen LogP contribution in [0.4, 0.5) is 0 Å². The van der Waals surface area contributed by atoms with Crippen LogP contribution in [0.15, 0.2) is 79.1 Å². The van der Waals surface area contributed by atoms with Gasteiger partial charge in [-0.3, -0.25) is 83.5 Å². The van der Waals surface area contributed by atoms with E-state index in [1.807, 2.05) is 13.8 Å². The molecule has 0 aliphatic carbocycles. The van der Waals surface area contributed by atoms with Crippen molar-refractivity contribution in [2.45, 2.75) is 210 Å². The lowest BCUT2D eigenvalue weighted by atomic mass is 9.95. The number of phenols is 1. The molecule has 0 saturated carbocycles. The van der Waals surface area contributed by atoms with Gasteiger partial charge in [-0.2, -0.15) is 0 Å². The molecule has 0 aliphatic heterocycles. The summed E-state index contributed by atoms with van der Waals surface area (Å²) in [5, 5.41) is 91.3. The van der Waals surface area contributed by atoms with Gasteiger partial charge in [0.15, 0.2) is 17.9 Å². The molecule has 42 nitrogen and oxygen atoms in total. The number of aliphatic hydroxyl groups is 1. The molecule has 1 aromatic heterocycles. The summed E-state index contributed by atoms with van der Waals surface area (Å²) in [6.07, 6.45) is 2.53. The summed E-state index contributed by atoms with van der Waals surface area (Å²) < 4.78 is 0. The lowest BCUT2D eigenvalue weighted by Crippen LogP contribution is -2.61. The number of aromatic hydroxyl groups is 1. The number of hydrogen-bond donors (Lipinski definition) is 27. The second-order valence-corrected chi connectivity index (χ2v) is 28.5. The highest BCUT2D eigenvalue weighted by molar-refractivity contribution is 6.00. The number of phenolic OH excluding ortho intramolecular Hbond substituents is 1. The highest BCUT2D eigenvalue weighted by Crippen LogP contribution is 2.17. The first-order chi connectivity index (χ1) is 55.4. The monoisotopic (exact) mass is 1640 g/mol. The molecular weight excluding hydrogens is 1520 g/mol. The number of benzene rings is 2. The molecule has 3 aromatic rings. The molecule has 646 valence electrons. The molecule has 13 atom stereocenters. The third kappa shape index (κ3) is 39.0. The van der Waals surface area contributed by atoms with E-state index in [-0.39, 0.29) is 121 Å². The number of unbranched alkanes of at least 4 members (excludes halogenated alkanes) is 1. The van der Waals surface area contributed by atoms with E-state index >= 15 is 0 Å². The molecule has 0 unspecified atom stereocenters. The van der Waals surface area contributed by atoms with Gasteiger partial charge < -0.3 is 129 Å². The Labute approximate surface area is 678 Å². The number of aromatic nitrogens is 1. The topological polar surface area (TPSA) is 721 Å². The van der Waals surface area contributed by atoms with Crippen LogP contribution in [0, 0.1) is 28.1 Å². The zero-order valence-electron chi connectivity index (χ0n) is 66.6. The highest BCUT2D eigenvalue weighted by Gasteiger charge is 2.37. The van der Waals surface area contributed by atoms with Crippen molar-refractivity contribution in [3.05, 3.63) is 95.8 Å². The predicted molar refractivity (Wildman–Crippen MR) is 430 cm³/mol. The van der Waals surface area contributed by atoms with Crippen LogP contribution in [0.1, 0.15) is 135 Å². The molecule has 42 heteroatoms. The zero-order valence-corrected chi connectivity index (χ0v) is 66.6. The van der Waals surface area contributed by atoms with Crippen molar-refractivity contribution in [3.8, 4) is 5.75 Å². The molecule has 0 fully saturated rings. The lowest BCUT2D eigenvalue weighted by molar-refractivity contribution is -0.142. The Morgan fingerprint density at radius 3 is 1.37 bits per heavy atom. The van der Waals surface area contributed by atoms with Crippen LogP contribution in [0.5, 0.6) is 5.75 Å². The van der Waals surface area contributed by atoms with E-state index in [0.29, 0.717) is 29.5 Å². The average molecular weight is 1640 g/mol. The van der Waals surface area contributed by atoms with E-state index in [0.717, 1.165) is 0 Å². The number of hydrogen-bond acceptors (Lipinski definition) is 22. The Hall–Kier alpha value is -12.3. The number of nitrogens with two attached hydrogens (primary N) is 6. The molecule has 13 amide bonds. The van der Waals surface area contributed by atoms with Gasteiger partial charge in [-0.25, -0.2) is 4.79 Å². The summed E-state index contributed by atoms with van der Waals surface area (Å²) in [7, 11) is 0. The Balaban J connectivity index is 1.87. The first-order valence-corrected chi connectivity index (χ1v) is 38.6. The van der Waals surface area contributed by atoms with Gasteiger partial charge in [-0.15, -0.1) is 0 Å². The van der Waals surface area contributed by atoms with Crippen LogP contribution in [-0.2, 0) is 86.4 Å². The minimum atomic E-state index is -1.84. The van der Waals surface area contributed by atoms with E-state index in [9.17, 15) is 82.4 Å². The molecule has 2 aromatic carbocycles. The van der Waals surface area contributed by atoms with Crippen molar-refractivity contribution < 1.29 is 82.4 Å². The van der Waals surface area contributed by atoms with Gasteiger partial charge in [0.1, 0.15) is 72.2 Å². The molecule has 3 rings (SSSR count). The van der Waals surface area contributed by atoms with Gasteiger partial charge in [0.05, 0.1) is 19.2 Å². The lowest BCUT2D eigenvalue weighted by Gasteiger charge is -2.29. The summed E-state index contributed by atoms with van der Waals surface area (Å²) in [5.74, 6) is -15.5. The quantitative estimate of drug-likeness (QED) is 0.0142. The Kier molecular flexibility index (Phi) is 44.7. The van der Waals surface area contributed by atoms with E-state index < -0.39 is 199 Å². The summed E-state index contributed by atoms with van der Waals surface area (Å²) in [6, 6.07) is -0.268. The second kappa shape index (κ2) is 52.9. The first kappa shape index (κ1) is 98.9. The van der Waals surface area contributed by atoms with E-state index in [2.05, 4.69) is 84.7 Å². The number of primary amides is 1. The van der Waals surface area contributed by atoms with Crippen molar-refractivity contribution in [1.82, 2.24) is 84.7 Å². The van der Waals surface area contributed by atoms with Crippen molar-refractivity contribution in [2.75, 3.05) is 39.3 Å². The summed E-state index contributed by atoms with van der Waals surface area (Å²) in [6.45, 7) is 6.67. The SMILES string of the molecule is CC[C@H](C)[C@H](NC(=O)[C@H](CC(C)C)NC(=O)[C@@H](N)Cc1cccnc1)C(=O)N[C@@H](Cc1ccc(O)cc1)C(=O)N[C@@H](C)C(=O)N[C@@H](CCC(N)=O)C(=O)NCC(=O)N[C@@H](Cc1ccccc1)C(=O)N[C@@H](CO)C(=O)N[C@@H](CCCCN)C(=O)N[C@@H](CCCNC(=N)N)C(=O)N[C@@H](CCCNC(=N)N)C(=O)N[C@@H](CCCNC(=N)N)C(=O)O. The van der Waals surface area contributed by atoms with Crippen LogP contribution in [0.3, 0.4) is 0 Å². The standard InChI is InChI=1S/C75H119N25O17/c1-6-42(4)60(100-69(113)54(34-41(2)3)97-62(106)48(77)35-46-18-12-30-85-38-46)71(115)98-56(37-45-23-25-47(102)26-24-45)67(111)90-43(5)61(105)92-52(27-28-58(78)103)63(107)89-39-59(104)91-55(36-44-16-8-7-9-17-44)68(112)99-57(40-101)70(114)95-49(19-10-11-29-76)64(108)93-50(20-13-31-86-73(79)80)65(109)94-51(21-14-32-87-74(81)82)66(110)96-53(72(116)117)22-15-33-88-75(83)84/h7-9,12,16-18,23-26,30,38,41-43,48-57,60,101-102H,6,10-11,13-15,19-22,27-29,31-37,39-40,76-77H2,1-5H3,(H2,78,103)(H,89,107)(H,90,111)(H,91,104)(H,92,105)(H,93,108)(H,94,109)(H,95,114)(H,96,110)(H,97,106)(H,98,115)(H,99,112)(H,100,113)(H,116,117)(H4,79,80,86)(H4,81,82,87)(H4,83,84,88)/t42-,43-,48-,49-,50-,51-,52-,53-,54-,55-,56-,57-,60-/m0/s1. The number of guanidine groups is 3. The number of amides is 13. The molecular formula is C75H119N25O17. The molecule has 0 spiro atoms. The van der Waals surface area contributed by atoms with Gasteiger partial charge in [0, 0.05) is 51.3 Å². The maximum atomic E-state index is 14.5.